The van der Waals surface area contributed by atoms with Crippen molar-refractivity contribution in [1.82, 2.24) is 0 Å². The lowest BCUT2D eigenvalue weighted by molar-refractivity contribution is -0.152. The van der Waals surface area contributed by atoms with E-state index >= 15 is 0 Å². The molecule has 6 heteroatoms. The van der Waals surface area contributed by atoms with E-state index in [0.29, 0.717) is 0 Å². The van der Waals surface area contributed by atoms with E-state index in [2.05, 4.69) is 45.0 Å². The predicted octanol–water partition coefficient (Wildman–Crippen LogP) is 2.97. The van der Waals surface area contributed by atoms with Crippen LogP contribution >= 0.6 is 0 Å². The fraction of sp³-hybridized carbons (Fsp3) is 0.364. The van der Waals surface area contributed by atoms with E-state index in [0.717, 1.165) is 10.4 Å². The van der Waals surface area contributed by atoms with Gasteiger partial charge < -0.3 is 14.3 Å². The number of hydrogen-bond acceptors (Lipinski definition) is 4. The molecule has 0 amide bonds. The largest absolute Gasteiger partial charge is 0.481 e. The molecule has 1 atom stereocenters. The molecule has 0 bridgehead atoms. The van der Waals surface area contributed by atoms with Gasteiger partial charge in [0.05, 0.1) is 13.0 Å². The van der Waals surface area contributed by atoms with Gasteiger partial charge in [-0.25, -0.2) is 0 Å². The van der Waals surface area contributed by atoms with E-state index in [4.69, 9.17) is 9.16 Å². The number of hydrogen-bond donors (Lipinski definition) is 1. The summed E-state index contributed by atoms with van der Waals surface area (Å²) in [5.41, 5.74) is 0. The summed E-state index contributed by atoms with van der Waals surface area (Å²) in [4.78, 5) is 22.7. The molecule has 2 aromatic carbocycles. The average Bonchev–Trinajstić information content (AvgIpc) is 2.62. The Bertz CT molecular complexity index is 728. The van der Waals surface area contributed by atoms with Crippen molar-refractivity contribution >= 4 is 30.6 Å². The SMILES string of the molecule is CC(=O)OC(CO[Si](c1ccccc1)(c1ccccc1)C(C)(C)C)CC(=O)O. The van der Waals surface area contributed by atoms with Crippen LogP contribution in [0.5, 0.6) is 0 Å². The number of esters is 1. The third-order valence-electron chi connectivity index (χ3n) is 4.64. The number of aliphatic carboxylic acids is 1. The number of carbonyl (C=O) groups is 2. The first-order valence-electron chi connectivity index (χ1n) is 9.31. The number of rotatable bonds is 8. The molecular weight excluding hydrogens is 372 g/mol. The van der Waals surface area contributed by atoms with Crippen LogP contribution in [-0.2, 0) is 18.8 Å². The summed E-state index contributed by atoms with van der Waals surface area (Å²) in [6.07, 6.45) is -1.13. The normalized spacial score (nSPS) is 13.0. The van der Waals surface area contributed by atoms with E-state index in [1.165, 1.54) is 6.92 Å². The van der Waals surface area contributed by atoms with Gasteiger partial charge in [-0.05, 0) is 15.4 Å². The van der Waals surface area contributed by atoms with Crippen molar-refractivity contribution in [2.45, 2.75) is 45.3 Å². The lowest BCUT2D eigenvalue weighted by Crippen LogP contribution is -2.67. The second-order valence-corrected chi connectivity index (χ2v) is 12.1. The van der Waals surface area contributed by atoms with Gasteiger partial charge in [-0.3, -0.25) is 9.59 Å². The number of benzene rings is 2. The van der Waals surface area contributed by atoms with Gasteiger partial charge in [0.15, 0.2) is 0 Å². The van der Waals surface area contributed by atoms with Crippen molar-refractivity contribution in [3.8, 4) is 0 Å². The summed E-state index contributed by atoms with van der Waals surface area (Å²) < 4.78 is 11.8. The van der Waals surface area contributed by atoms with Crippen LogP contribution in [0, 0.1) is 0 Å². The molecule has 0 saturated heterocycles. The molecule has 0 aliphatic heterocycles. The van der Waals surface area contributed by atoms with Crippen LogP contribution < -0.4 is 10.4 Å². The summed E-state index contributed by atoms with van der Waals surface area (Å²) in [5.74, 6) is -1.55. The van der Waals surface area contributed by atoms with Gasteiger partial charge >= 0.3 is 11.9 Å². The molecule has 0 aliphatic rings. The Balaban J connectivity index is 2.51. The second kappa shape index (κ2) is 9.17. The van der Waals surface area contributed by atoms with Crippen LogP contribution in [0.2, 0.25) is 5.04 Å². The predicted molar refractivity (Wildman–Crippen MR) is 111 cm³/mol. The first kappa shape index (κ1) is 21.9. The van der Waals surface area contributed by atoms with Crippen molar-refractivity contribution in [2.75, 3.05) is 6.61 Å². The Kier molecular flexibility index (Phi) is 7.15. The van der Waals surface area contributed by atoms with Gasteiger partial charge in [-0.15, -0.1) is 0 Å². The van der Waals surface area contributed by atoms with Gasteiger partial charge in [-0.1, -0.05) is 81.4 Å². The van der Waals surface area contributed by atoms with Gasteiger partial charge in [-0.2, -0.15) is 0 Å². The zero-order chi connectivity index (χ0) is 20.8. The molecule has 1 N–H and O–H groups in total. The fourth-order valence-corrected chi connectivity index (χ4v) is 8.13. The van der Waals surface area contributed by atoms with E-state index < -0.39 is 26.4 Å². The maximum absolute atomic E-state index is 11.4. The zero-order valence-corrected chi connectivity index (χ0v) is 17.8. The smallest absolute Gasteiger partial charge is 0.307 e. The number of carboxylic acids is 1. The van der Waals surface area contributed by atoms with E-state index in [-0.39, 0.29) is 18.1 Å². The van der Waals surface area contributed by atoms with Crippen LogP contribution in [0.25, 0.3) is 0 Å². The minimum absolute atomic E-state index is 0.0269. The van der Waals surface area contributed by atoms with Gasteiger partial charge in [0.1, 0.15) is 6.10 Å². The highest BCUT2D eigenvalue weighted by Gasteiger charge is 2.50. The highest BCUT2D eigenvalue weighted by molar-refractivity contribution is 6.99. The minimum atomic E-state index is -2.80. The van der Waals surface area contributed by atoms with Crippen molar-refractivity contribution in [2.24, 2.45) is 0 Å². The van der Waals surface area contributed by atoms with Crippen LogP contribution in [0.1, 0.15) is 34.1 Å². The van der Waals surface area contributed by atoms with Crippen molar-refractivity contribution in [1.29, 1.82) is 0 Å². The molecule has 0 aliphatic carbocycles. The molecule has 0 saturated carbocycles. The van der Waals surface area contributed by atoms with Crippen LogP contribution in [0.4, 0.5) is 0 Å². The summed E-state index contributed by atoms with van der Waals surface area (Å²) in [6.45, 7) is 7.71. The molecule has 0 aromatic heterocycles. The Morgan fingerprint density at radius 3 is 1.79 bits per heavy atom. The second-order valence-electron chi connectivity index (χ2n) is 7.80. The first-order chi connectivity index (χ1) is 13.2. The lowest BCUT2D eigenvalue weighted by Gasteiger charge is -2.43. The molecule has 0 fully saturated rings. The van der Waals surface area contributed by atoms with Gasteiger partial charge in [0.2, 0.25) is 0 Å². The molecule has 0 heterocycles. The number of carboxylic acid groups (broad SMARTS) is 1. The molecule has 150 valence electrons. The van der Waals surface area contributed by atoms with Crippen molar-refractivity contribution < 1.29 is 23.9 Å². The molecule has 2 aromatic rings. The summed E-state index contributed by atoms with van der Waals surface area (Å²) in [7, 11) is -2.80. The zero-order valence-electron chi connectivity index (χ0n) is 16.8. The topological polar surface area (TPSA) is 72.8 Å². The molecule has 2 rings (SSSR count). The Hall–Kier alpha value is -2.44. The quantitative estimate of drug-likeness (QED) is 0.545. The van der Waals surface area contributed by atoms with Crippen molar-refractivity contribution in [3.63, 3.8) is 0 Å². The maximum Gasteiger partial charge on any atom is 0.307 e. The molecule has 0 radical (unpaired) electrons. The van der Waals surface area contributed by atoms with Gasteiger partial charge in [0.25, 0.3) is 8.32 Å². The molecular formula is C22H28O5Si. The third-order valence-corrected chi connectivity index (χ3v) is 9.64. The van der Waals surface area contributed by atoms with E-state index in [9.17, 15) is 14.7 Å². The highest BCUT2D eigenvalue weighted by Crippen LogP contribution is 2.36. The molecule has 5 nitrogen and oxygen atoms in total. The highest BCUT2D eigenvalue weighted by atomic mass is 28.4. The number of ether oxygens (including phenoxy) is 1. The monoisotopic (exact) mass is 400 g/mol. The fourth-order valence-electron chi connectivity index (χ4n) is 3.54. The molecule has 1 unspecified atom stereocenters. The van der Waals surface area contributed by atoms with Crippen LogP contribution in [0.15, 0.2) is 60.7 Å². The Morgan fingerprint density at radius 1 is 0.964 bits per heavy atom. The van der Waals surface area contributed by atoms with Crippen LogP contribution in [0.3, 0.4) is 0 Å². The summed E-state index contributed by atoms with van der Waals surface area (Å²) in [5, 5.41) is 11.1. The van der Waals surface area contributed by atoms with Crippen LogP contribution in [-0.4, -0.2) is 38.1 Å². The lowest BCUT2D eigenvalue weighted by atomic mass is 10.2. The molecule has 28 heavy (non-hydrogen) atoms. The summed E-state index contributed by atoms with van der Waals surface area (Å²) >= 11 is 0. The standard InChI is InChI=1S/C22H28O5Si/c1-17(23)27-18(15-21(24)25)16-26-28(22(2,3)4,19-11-7-5-8-12-19)20-13-9-6-10-14-20/h5-14,18H,15-16H2,1-4H3,(H,24,25). The maximum atomic E-state index is 11.4. The third kappa shape index (κ3) is 5.08. The first-order valence-corrected chi connectivity index (χ1v) is 11.2. The van der Waals surface area contributed by atoms with E-state index in [1.807, 2.05) is 36.4 Å². The molecule has 0 spiro atoms. The number of carbonyl (C=O) groups excluding carboxylic acids is 1. The van der Waals surface area contributed by atoms with Gasteiger partial charge in [0, 0.05) is 6.92 Å². The van der Waals surface area contributed by atoms with Crippen molar-refractivity contribution in [3.05, 3.63) is 60.7 Å². The Labute approximate surface area is 167 Å². The van der Waals surface area contributed by atoms with E-state index in [1.54, 1.807) is 0 Å². The Morgan fingerprint density at radius 2 is 1.43 bits per heavy atom. The summed E-state index contributed by atoms with van der Waals surface area (Å²) in [6, 6.07) is 20.1. The average molecular weight is 401 g/mol. The minimum Gasteiger partial charge on any atom is -0.481 e.